The molecule has 0 amide bonds. The lowest BCUT2D eigenvalue weighted by atomic mass is 10.2. The van der Waals surface area contributed by atoms with Crippen molar-refractivity contribution in [2.75, 3.05) is 55.9 Å². The van der Waals surface area contributed by atoms with E-state index in [1.807, 2.05) is 0 Å². The molecule has 0 unspecified atom stereocenters. The fraction of sp³-hybridized carbons (Fsp3) is 0.361. The van der Waals surface area contributed by atoms with Crippen LogP contribution < -0.4 is 19.1 Å². The highest BCUT2D eigenvalue weighted by atomic mass is 32.2. The zero-order valence-corrected chi connectivity index (χ0v) is 28.7. The van der Waals surface area contributed by atoms with E-state index >= 15 is 0 Å². The van der Waals surface area contributed by atoms with Gasteiger partial charge in [-0.15, -0.1) is 0 Å². The number of allylic oxidation sites excluding steroid dienone is 2. The Morgan fingerprint density at radius 3 is 2.21 bits per heavy atom. The predicted molar refractivity (Wildman–Crippen MR) is 186 cm³/mol. The highest BCUT2D eigenvalue weighted by Gasteiger charge is 2.30. The van der Waals surface area contributed by atoms with E-state index in [0.717, 1.165) is 24.7 Å². The molecule has 1 N–H and O–H groups in total. The van der Waals surface area contributed by atoms with E-state index in [9.17, 15) is 8.42 Å². The molecule has 4 aromatic rings. The fourth-order valence-corrected chi connectivity index (χ4v) is 6.41. The van der Waals surface area contributed by atoms with Crippen LogP contribution in [0.4, 0.5) is 11.4 Å². The van der Waals surface area contributed by atoms with Crippen molar-refractivity contribution in [3.63, 3.8) is 0 Å². The molecular weight excluding hydrogens is 616 g/mol. The number of aryl methyl sites for hydroxylation is 4. The summed E-state index contributed by atoms with van der Waals surface area (Å²) in [4.78, 5) is 4.50. The van der Waals surface area contributed by atoms with Crippen LogP contribution in [-0.2, 0) is 33.2 Å². The van der Waals surface area contributed by atoms with Crippen molar-refractivity contribution in [2.24, 2.45) is 7.05 Å². The number of fused-ring (bicyclic) bond motifs is 2. The molecule has 250 valence electrons. The van der Waals surface area contributed by atoms with E-state index in [-0.39, 0.29) is 4.90 Å². The topological polar surface area (TPSA) is 97.4 Å². The quantitative estimate of drug-likeness (QED) is 0.0991. The number of nitrogens with zero attached hydrogens (tertiary/aromatic N) is 4. The molecule has 0 aliphatic carbocycles. The monoisotopic (exact) mass is 661 g/mol. The van der Waals surface area contributed by atoms with E-state index in [0.29, 0.717) is 45.3 Å². The van der Waals surface area contributed by atoms with Crippen LogP contribution in [-0.4, -0.2) is 63.7 Å². The molecule has 0 atom stereocenters. The van der Waals surface area contributed by atoms with E-state index in [1.54, 1.807) is 0 Å². The molecule has 11 heteroatoms. The second-order valence-electron chi connectivity index (χ2n) is 11.4. The molecule has 0 saturated heterocycles. The average molecular weight is 662 g/mol. The Hall–Kier alpha value is -4.16. The Morgan fingerprint density at radius 2 is 1.51 bits per heavy atom. The molecule has 10 nitrogen and oxygen atoms in total. The van der Waals surface area contributed by atoms with Crippen LogP contribution >= 0.6 is 0 Å². The Morgan fingerprint density at radius 1 is 0.830 bits per heavy atom. The van der Waals surface area contributed by atoms with Gasteiger partial charge in [0.1, 0.15) is 18.2 Å². The van der Waals surface area contributed by atoms with Gasteiger partial charge in [-0.1, -0.05) is 18.2 Å². The lowest BCUT2D eigenvalue weighted by molar-refractivity contribution is -0.670. The molecule has 47 heavy (non-hydrogen) atoms. The minimum absolute atomic E-state index is 0.173. The van der Waals surface area contributed by atoms with Crippen molar-refractivity contribution in [3.8, 4) is 5.75 Å². The van der Waals surface area contributed by atoms with Gasteiger partial charge in [0.25, 0.3) is 15.9 Å². The molecule has 3 aromatic carbocycles. The normalized spacial score (nSPS) is 14.2. The highest BCUT2D eigenvalue weighted by Crippen LogP contribution is 2.42. The first-order valence-corrected chi connectivity index (χ1v) is 17.4. The van der Waals surface area contributed by atoms with Crippen molar-refractivity contribution < 1.29 is 31.7 Å². The number of aromatic nitrogens is 2. The van der Waals surface area contributed by atoms with Crippen LogP contribution in [0.5, 0.6) is 5.75 Å². The fourth-order valence-electron chi connectivity index (χ4n) is 5.93. The standard InChI is InChI=1S/C36H44N4O6S/c1-6-38-31-17-11-27(3)25-33(31)37(5)35(38)9-8-10-36-39(7-2)32-18-12-28(4)26-34(32)40(36)19-20-44-21-22-45-23-24-46-29-13-15-30(16-14-29)47(41,42)43/h8-18,25-26H,6-7,19-24H2,1-5H3/p+1. The number of ether oxygens (including phenoxy) is 3. The van der Waals surface area contributed by atoms with Gasteiger partial charge in [-0.05, 0) is 93.4 Å². The van der Waals surface area contributed by atoms with Gasteiger partial charge in [0.2, 0.25) is 0 Å². The van der Waals surface area contributed by atoms with Crippen molar-refractivity contribution >= 4 is 38.6 Å². The number of anilines is 2. The van der Waals surface area contributed by atoms with Gasteiger partial charge >= 0.3 is 0 Å². The first kappa shape index (κ1) is 34.2. The molecule has 1 aliphatic heterocycles. The molecule has 0 saturated carbocycles. The zero-order chi connectivity index (χ0) is 33.6. The third-order valence-corrected chi connectivity index (χ3v) is 9.11. The van der Waals surface area contributed by atoms with Crippen molar-refractivity contribution in [2.45, 2.75) is 39.1 Å². The van der Waals surface area contributed by atoms with Gasteiger partial charge in [-0.25, -0.2) is 9.13 Å². The molecule has 5 rings (SSSR count). The molecule has 0 radical (unpaired) electrons. The number of rotatable bonds is 15. The average Bonchev–Trinajstić information content (AvgIpc) is 3.49. The third kappa shape index (κ3) is 7.87. The molecule has 0 bridgehead atoms. The van der Waals surface area contributed by atoms with Crippen LogP contribution in [0.1, 0.15) is 30.8 Å². The van der Waals surface area contributed by atoms with Crippen LogP contribution in [0, 0.1) is 13.8 Å². The summed E-state index contributed by atoms with van der Waals surface area (Å²) in [6.07, 6.45) is 6.54. The molecule has 0 spiro atoms. The van der Waals surface area contributed by atoms with Crippen molar-refractivity contribution in [1.29, 1.82) is 0 Å². The minimum atomic E-state index is -4.22. The van der Waals surface area contributed by atoms with Crippen LogP contribution in [0.3, 0.4) is 0 Å². The smallest absolute Gasteiger partial charge is 0.294 e. The van der Waals surface area contributed by atoms with Crippen LogP contribution in [0.15, 0.2) is 83.5 Å². The lowest BCUT2D eigenvalue weighted by Crippen LogP contribution is -2.35. The molecule has 1 aliphatic rings. The largest absolute Gasteiger partial charge is 0.491 e. The summed E-state index contributed by atoms with van der Waals surface area (Å²) >= 11 is 0. The molecule has 2 heterocycles. The number of imidazole rings is 1. The molecule has 1 aromatic heterocycles. The molecule has 0 fully saturated rings. The van der Waals surface area contributed by atoms with Gasteiger partial charge < -0.3 is 24.0 Å². The van der Waals surface area contributed by atoms with Crippen LogP contribution in [0.2, 0.25) is 0 Å². The summed E-state index contributed by atoms with van der Waals surface area (Å²) in [6.45, 7) is 13.1. The summed E-state index contributed by atoms with van der Waals surface area (Å²) in [5.41, 5.74) is 7.28. The Labute approximate surface area is 277 Å². The predicted octanol–water partition coefficient (Wildman–Crippen LogP) is 5.66. The highest BCUT2D eigenvalue weighted by molar-refractivity contribution is 7.85. The second kappa shape index (κ2) is 15.2. The SMILES string of the molecule is CCN1C(=CC=Cc2n(C)c3cc(C)ccc3[n+]2CC)N(CCOCCOCCOc2ccc(S(=O)(=O)O)cc2)c2cc(C)ccc21. The Kier molecular flexibility index (Phi) is 11.0. The number of hydrogen-bond acceptors (Lipinski definition) is 7. The summed E-state index contributed by atoms with van der Waals surface area (Å²) < 4.78 is 53.2. The Balaban J connectivity index is 1.18. The maximum atomic E-state index is 11.2. The minimum Gasteiger partial charge on any atom is -0.491 e. The first-order chi connectivity index (χ1) is 22.6. The maximum absolute atomic E-state index is 11.2. The van der Waals surface area contributed by atoms with Crippen molar-refractivity contribution in [3.05, 3.63) is 95.6 Å². The van der Waals surface area contributed by atoms with E-state index in [1.165, 1.54) is 57.8 Å². The Bertz CT molecular complexity index is 1860. The van der Waals surface area contributed by atoms with E-state index in [4.69, 9.17) is 18.8 Å². The van der Waals surface area contributed by atoms with Gasteiger partial charge in [0.15, 0.2) is 11.0 Å². The summed E-state index contributed by atoms with van der Waals surface area (Å²) in [5.74, 6) is 2.76. The van der Waals surface area contributed by atoms with E-state index in [2.05, 4.69) is 108 Å². The van der Waals surface area contributed by atoms with Crippen LogP contribution in [0.25, 0.3) is 17.1 Å². The van der Waals surface area contributed by atoms with Gasteiger partial charge in [-0.2, -0.15) is 8.42 Å². The maximum Gasteiger partial charge on any atom is 0.294 e. The van der Waals surface area contributed by atoms with Gasteiger partial charge in [0.05, 0.1) is 56.3 Å². The van der Waals surface area contributed by atoms with Gasteiger partial charge in [0, 0.05) is 19.2 Å². The zero-order valence-electron chi connectivity index (χ0n) is 27.8. The number of benzene rings is 3. The van der Waals surface area contributed by atoms with E-state index < -0.39 is 10.1 Å². The summed E-state index contributed by atoms with van der Waals surface area (Å²) in [7, 11) is -2.09. The van der Waals surface area contributed by atoms with Gasteiger partial charge in [-0.3, -0.25) is 4.55 Å². The summed E-state index contributed by atoms with van der Waals surface area (Å²) in [5, 5.41) is 0. The second-order valence-corrected chi connectivity index (χ2v) is 12.9. The third-order valence-electron chi connectivity index (χ3n) is 8.24. The number of hydrogen-bond donors (Lipinski definition) is 1. The summed E-state index contributed by atoms with van der Waals surface area (Å²) in [6, 6.07) is 18.8. The van der Waals surface area contributed by atoms with Crippen molar-refractivity contribution in [1.82, 2.24) is 4.57 Å². The lowest BCUT2D eigenvalue weighted by Gasteiger charge is -2.24. The molecular formula is C36H45N4O6S+. The first-order valence-electron chi connectivity index (χ1n) is 16.0.